The van der Waals surface area contributed by atoms with Gasteiger partial charge in [0.05, 0.1) is 13.2 Å². The molecular formula is C13H21N3O. The zero-order valence-electron chi connectivity index (χ0n) is 10.4. The molecule has 1 aromatic rings. The van der Waals surface area contributed by atoms with E-state index in [0.29, 0.717) is 6.54 Å². The molecule has 1 aliphatic heterocycles. The molecule has 1 heterocycles. The number of hydrogen-bond donors (Lipinski definition) is 2. The van der Waals surface area contributed by atoms with Crippen molar-refractivity contribution in [2.75, 3.05) is 37.7 Å². The molecule has 1 atom stereocenters. The van der Waals surface area contributed by atoms with Crippen molar-refractivity contribution in [1.82, 2.24) is 0 Å². The zero-order chi connectivity index (χ0) is 12.3. The average Bonchev–Trinajstić information content (AvgIpc) is 2.39. The van der Waals surface area contributed by atoms with Gasteiger partial charge in [0, 0.05) is 31.4 Å². The van der Waals surface area contributed by atoms with Gasteiger partial charge in [0.2, 0.25) is 0 Å². The first-order valence-electron chi connectivity index (χ1n) is 6.11. The molecule has 0 radical (unpaired) electrons. The number of anilines is 1. The number of morpholine rings is 1. The molecule has 0 amide bonds. The van der Waals surface area contributed by atoms with Gasteiger partial charge in [-0.05, 0) is 30.2 Å². The third-order valence-corrected chi connectivity index (χ3v) is 3.28. The number of ether oxygens (including phenoxy) is 1. The van der Waals surface area contributed by atoms with Crippen LogP contribution < -0.4 is 16.4 Å². The Bertz CT molecular complexity index is 375. The molecule has 17 heavy (non-hydrogen) atoms. The van der Waals surface area contributed by atoms with Crippen LogP contribution in [0.1, 0.15) is 17.2 Å². The number of nitrogens with zero attached hydrogens (tertiary/aromatic N) is 1. The maximum absolute atomic E-state index is 5.97. The molecule has 1 fully saturated rings. The van der Waals surface area contributed by atoms with Crippen LogP contribution in [0.4, 0.5) is 5.69 Å². The molecule has 0 aromatic heterocycles. The van der Waals surface area contributed by atoms with Gasteiger partial charge >= 0.3 is 0 Å². The molecule has 0 unspecified atom stereocenters. The van der Waals surface area contributed by atoms with Gasteiger partial charge in [-0.15, -0.1) is 0 Å². The van der Waals surface area contributed by atoms with Gasteiger partial charge in [-0.1, -0.05) is 6.07 Å². The minimum atomic E-state index is -0.0614. The summed E-state index contributed by atoms with van der Waals surface area (Å²) in [5.74, 6) is 0. The van der Waals surface area contributed by atoms with Crippen LogP contribution in [0.2, 0.25) is 0 Å². The van der Waals surface area contributed by atoms with E-state index in [1.807, 2.05) is 0 Å². The lowest BCUT2D eigenvalue weighted by molar-refractivity contribution is 0.122. The first-order chi connectivity index (χ1) is 8.22. The highest BCUT2D eigenvalue weighted by Gasteiger charge is 2.13. The minimum absolute atomic E-state index is 0.0614. The van der Waals surface area contributed by atoms with Crippen molar-refractivity contribution in [1.29, 1.82) is 0 Å². The number of nitrogens with two attached hydrogens (primary N) is 2. The Balaban J connectivity index is 2.17. The van der Waals surface area contributed by atoms with Crippen molar-refractivity contribution in [3.05, 3.63) is 29.3 Å². The second-order valence-electron chi connectivity index (χ2n) is 4.48. The lowest BCUT2D eigenvalue weighted by Gasteiger charge is -2.29. The molecule has 0 bridgehead atoms. The van der Waals surface area contributed by atoms with Gasteiger partial charge in [-0.2, -0.15) is 0 Å². The van der Waals surface area contributed by atoms with Crippen molar-refractivity contribution in [3.8, 4) is 0 Å². The Labute approximate surface area is 103 Å². The Morgan fingerprint density at radius 1 is 1.35 bits per heavy atom. The lowest BCUT2D eigenvalue weighted by atomic mass is 10.0. The second-order valence-corrected chi connectivity index (χ2v) is 4.48. The minimum Gasteiger partial charge on any atom is -0.378 e. The fourth-order valence-electron chi connectivity index (χ4n) is 2.22. The van der Waals surface area contributed by atoms with Gasteiger partial charge in [-0.3, -0.25) is 0 Å². The van der Waals surface area contributed by atoms with E-state index in [9.17, 15) is 0 Å². The van der Waals surface area contributed by atoms with Gasteiger partial charge in [0.1, 0.15) is 0 Å². The number of benzene rings is 1. The fraction of sp³-hybridized carbons (Fsp3) is 0.538. The summed E-state index contributed by atoms with van der Waals surface area (Å²) in [6.45, 7) is 6.11. The normalized spacial score (nSPS) is 18.2. The van der Waals surface area contributed by atoms with Crippen LogP contribution in [0.15, 0.2) is 18.2 Å². The molecule has 1 aromatic carbocycles. The summed E-state index contributed by atoms with van der Waals surface area (Å²) in [6, 6.07) is 6.35. The number of hydrogen-bond acceptors (Lipinski definition) is 4. The summed E-state index contributed by atoms with van der Waals surface area (Å²) in [7, 11) is 0. The van der Waals surface area contributed by atoms with E-state index in [0.717, 1.165) is 31.9 Å². The summed E-state index contributed by atoms with van der Waals surface area (Å²) >= 11 is 0. The number of rotatable bonds is 3. The van der Waals surface area contributed by atoms with Crippen molar-refractivity contribution in [2.45, 2.75) is 13.0 Å². The first kappa shape index (κ1) is 12.4. The van der Waals surface area contributed by atoms with Crippen molar-refractivity contribution >= 4 is 5.69 Å². The molecule has 0 aliphatic carbocycles. The topological polar surface area (TPSA) is 64.5 Å². The Morgan fingerprint density at radius 3 is 2.65 bits per heavy atom. The van der Waals surface area contributed by atoms with Gasteiger partial charge in [-0.25, -0.2) is 0 Å². The van der Waals surface area contributed by atoms with Crippen LogP contribution in [0, 0.1) is 6.92 Å². The number of aryl methyl sites for hydroxylation is 1. The monoisotopic (exact) mass is 235 g/mol. The molecule has 4 heteroatoms. The summed E-state index contributed by atoms with van der Waals surface area (Å²) < 4.78 is 5.35. The Hall–Kier alpha value is -1.10. The van der Waals surface area contributed by atoms with E-state index >= 15 is 0 Å². The van der Waals surface area contributed by atoms with Gasteiger partial charge in [0.15, 0.2) is 0 Å². The van der Waals surface area contributed by atoms with Crippen LogP contribution >= 0.6 is 0 Å². The van der Waals surface area contributed by atoms with Crippen molar-refractivity contribution < 1.29 is 4.74 Å². The average molecular weight is 235 g/mol. The van der Waals surface area contributed by atoms with Crippen LogP contribution in [0.5, 0.6) is 0 Å². The van der Waals surface area contributed by atoms with E-state index in [1.54, 1.807) is 0 Å². The molecular weight excluding hydrogens is 214 g/mol. The summed E-state index contributed by atoms with van der Waals surface area (Å²) in [5, 5.41) is 0. The highest BCUT2D eigenvalue weighted by atomic mass is 16.5. The van der Waals surface area contributed by atoms with Crippen molar-refractivity contribution in [2.24, 2.45) is 11.5 Å². The van der Waals surface area contributed by atoms with Gasteiger partial charge in [0.25, 0.3) is 0 Å². The Morgan fingerprint density at radius 2 is 2.06 bits per heavy atom. The maximum atomic E-state index is 5.97. The molecule has 94 valence electrons. The third-order valence-electron chi connectivity index (χ3n) is 3.28. The fourth-order valence-corrected chi connectivity index (χ4v) is 2.22. The molecule has 1 aliphatic rings. The summed E-state index contributed by atoms with van der Waals surface area (Å²) in [5.41, 5.74) is 15.2. The molecule has 4 nitrogen and oxygen atoms in total. The van der Waals surface area contributed by atoms with E-state index in [1.165, 1.54) is 11.3 Å². The van der Waals surface area contributed by atoms with E-state index in [4.69, 9.17) is 16.2 Å². The van der Waals surface area contributed by atoms with Crippen LogP contribution in [-0.4, -0.2) is 32.8 Å². The molecule has 4 N–H and O–H groups in total. The lowest BCUT2D eigenvalue weighted by Crippen LogP contribution is -2.36. The molecule has 0 saturated carbocycles. The predicted molar refractivity (Wildman–Crippen MR) is 70.2 cm³/mol. The molecule has 1 saturated heterocycles. The predicted octanol–water partition coefficient (Wildman–Crippen LogP) is 0.790. The maximum Gasteiger partial charge on any atom is 0.0642 e. The van der Waals surface area contributed by atoms with E-state index in [2.05, 4.69) is 30.0 Å². The first-order valence-corrected chi connectivity index (χ1v) is 6.11. The quantitative estimate of drug-likeness (QED) is 0.813. The highest BCUT2D eigenvalue weighted by Crippen LogP contribution is 2.23. The zero-order valence-corrected chi connectivity index (χ0v) is 10.4. The standard InChI is InChI=1S/C13H21N3O/c1-10-8-11(16-4-6-17-7-5-16)2-3-12(10)13(15)9-14/h2-3,8,13H,4-7,9,14-15H2,1H3/t13-/m0/s1. The van der Waals surface area contributed by atoms with Crippen LogP contribution in [0.3, 0.4) is 0 Å². The van der Waals surface area contributed by atoms with Crippen LogP contribution in [0.25, 0.3) is 0 Å². The molecule has 0 spiro atoms. The molecule has 2 rings (SSSR count). The van der Waals surface area contributed by atoms with E-state index < -0.39 is 0 Å². The second kappa shape index (κ2) is 5.49. The highest BCUT2D eigenvalue weighted by molar-refractivity contribution is 5.51. The largest absolute Gasteiger partial charge is 0.378 e. The SMILES string of the molecule is Cc1cc(N2CCOCC2)ccc1[C@@H](N)CN. The van der Waals surface area contributed by atoms with Crippen molar-refractivity contribution in [3.63, 3.8) is 0 Å². The summed E-state index contributed by atoms with van der Waals surface area (Å²) in [4.78, 5) is 2.34. The van der Waals surface area contributed by atoms with Gasteiger partial charge < -0.3 is 21.1 Å². The third kappa shape index (κ3) is 2.77. The van der Waals surface area contributed by atoms with Crippen LogP contribution in [-0.2, 0) is 4.74 Å². The van der Waals surface area contributed by atoms with E-state index in [-0.39, 0.29) is 6.04 Å². The summed E-state index contributed by atoms with van der Waals surface area (Å²) in [6.07, 6.45) is 0. The Kier molecular flexibility index (Phi) is 3.99. The smallest absolute Gasteiger partial charge is 0.0642 e.